The summed E-state index contributed by atoms with van der Waals surface area (Å²) in [7, 11) is 0. The van der Waals surface area contributed by atoms with Crippen molar-refractivity contribution in [2.45, 2.75) is 6.54 Å². The fourth-order valence-electron chi connectivity index (χ4n) is 2.94. The maximum atomic E-state index is 12.4. The highest BCUT2D eigenvalue weighted by atomic mass is 16.5. The van der Waals surface area contributed by atoms with E-state index in [0.29, 0.717) is 18.0 Å². The summed E-state index contributed by atoms with van der Waals surface area (Å²) in [5.41, 5.74) is 2.96. The van der Waals surface area contributed by atoms with Gasteiger partial charge in [0.05, 0.1) is 17.9 Å². The van der Waals surface area contributed by atoms with Crippen molar-refractivity contribution in [3.05, 3.63) is 102 Å². The molecule has 3 aromatic rings. The number of anilines is 1. The largest absolute Gasteiger partial charge is 0.449 e. The Balaban J connectivity index is 1.49. The molecule has 2 aromatic carbocycles. The van der Waals surface area contributed by atoms with Crippen molar-refractivity contribution in [2.75, 3.05) is 5.32 Å². The molecule has 2 amide bonds. The zero-order valence-corrected chi connectivity index (χ0v) is 16.0. The third-order valence-electron chi connectivity index (χ3n) is 4.45. The molecule has 6 nitrogen and oxygen atoms in total. The van der Waals surface area contributed by atoms with Crippen LogP contribution < -0.4 is 15.4 Å². The van der Waals surface area contributed by atoms with Gasteiger partial charge in [0.2, 0.25) is 5.91 Å². The predicted octanol–water partition coefficient (Wildman–Crippen LogP) is 3.78. The van der Waals surface area contributed by atoms with Gasteiger partial charge >= 0.3 is 0 Å². The number of nitrogens with one attached hydrogen (secondary N) is 2. The van der Waals surface area contributed by atoms with Crippen LogP contribution in [0.4, 0.5) is 5.69 Å². The minimum absolute atomic E-state index is 0.189. The molecule has 4 rings (SSSR count). The Bertz CT molecular complexity index is 1140. The molecule has 0 saturated carbocycles. The molecule has 2 heterocycles. The molecular formula is C24H19N3O3. The smallest absolute Gasteiger partial charge is 0.291 e. The maximum absolute atomic E-state index is 12.4. The van der Waals surface area contributed by atoms with Gasteiger partial charge in [-0.05, 0) is 47.5 Å². The Kier molecular flexibility index (Phi) is 5.66. The molecule has 0 saturated heterocycles. The van der Waals surface area contributed by atoms with Gasteiger partial charge in [0.15, 0.2) is 11.5 Å². The number of amides is 2. The highest BCUT2D eigenvalue weighted by Crippen LogP contribution is 2.31. The zero-order chi connectivity index (χ0) is 20.8. The number of aromatic nitrogens is 1. The first-order valence-corrected chi connectivity index (χ1v) is 9.44. The van der Waals surface area contributed by atoms with E-state index in [1.165, 1.54) is 6.08 Å². The van der Waals surface area contributed by atoms with E-state index < -0.39 is 0 Å². The number of carbonyl (C=O) groups excluding carboxylic acids is 2. The van der Waals surface area contributed by atoms with Gasteiger partial charge in [0.25, 0.3) is 5.91 Å². The number of ether oxygens (including phenoxy) is 1. The second kappa shape index (κ2) is 8.87. The molecule has 0 spiro atoms. The lowest BCUT2D eigenvalue weighted by atomic mass is 10.1. The highest BCUT2D eigenvalue weighted by molar-refractivity contribution is 6.08. The number of carbonyl (C=O) groups is 2. The lowest BCUT2D eigenvalue weighted by Gasteiger charge is -2.19. The summed E-state index contributed by atoms with van der Waals surface area (Å²) >= 11 is 0. The molecule has 0 radical (unpaired) electrons. The van der Waals surface area contributed by atoms with Crippen molar-refractivity contribution >= 4 is 29.7 Å². The molecule has 0 aliphatic carbocycles. The normalized spacial score (nSPS) is 14.1. The summed E-state index contributed by atoms with van der Waals surface area (Å²) in [5.74, 6) is 0.226. The molecule has 1 aromatic heterocycles. The molecule has 0 bridgehead atoms. The quantitative estimate of drug-likeness (QED) is 0.642. The van der Waals surface area contributed by atoms with Gasteiger partial charge in [0, 0.05) is 12.3 Å². The topological polar surface area (TPSA) is 80.3 Å². The summed E-state index contributed by atoms with van der Waals surface area (Å²) < 4.78 is 5.76. The summed E-state index contributed by atoms with van der Waals surface area (Å²) in [5, 5.41) is 5.61. The molecule has 2 N–H and O–H groups in total. The van der Waals surface area contributed by atoms with Crippen LogP contribution >= 0.6 is 0 Å². The summed E-state index contributed by atoms with van der Waals surface area (Å²) in [6, 6.07) is 20.2. The van der Waals surface area contributed by atoms with Gasteiger partial charge in [-0.15, -0.1) is 0 Å². The van der Waals surface area contributed by atoms with Crippen molar-refractivity contribution in [1.82, 2.24) is 10.3 Å². The Morgan fingerprint density at radius 1 is 1.00 bits per heavy atom. The third-order valence-corrected chi connectivity index (χ3v) is 4.45. The second-order valence-electron chi connectivity index (χ2n) is 6.56. The fourth-order valence-corrected chi connectivity index (χ4v) is 2.94. The van der Waals surface area contributed by atoms with E-state index in [-0.39, 0.29) is 17.6 Å². The van der Waals surface area contributed by atoms with Crippen molar-refractivity contribution in [3.8, 4) is 5.75 Å². The lowest BCUT2D eigenvalue weighted by molar-refractivity contribution is -0.116. The Morgan fingerprint density at radius 2 is 1.77 bits per heavy atom. The van der Waals surface area contributed by atoms with Crippen LogP contribution in [-0.2, 0) is 16.1 Å². The minimum Gasteiger partial charge on any atom is -0.449 e. The Labute approximate surface area is 173 Å². The number of fused-ring (bicyclic) bond motifs is 1. The van der Waals surface area contributed by atoms with Gasteiger partial charge in [-0.2, -0.15) is 0 Å². The van der Waals surface area contributed by atoms with Crippen LogP contribution in [0.15, 0.2) is 84.8 Å². The predicted molar refractivity (Wildman–Crippen MR) is 115 cm³/mol. The van der Waals surface area contributed by atoms with Gasteiger partial charge in [-0.1, -0.05) is 42.5 Å². The van der Waals surface area contributed by atoms with Crippen molar-refractivity contribution in [3.63, 3.8) is 0 Å². The molecule has 30 heavy (non-hydrogen) atoms. The van der Waals surface area contributed by atoms with Crippen molar-refractivity contribution in [2.24, 2.45) is 0 Å². The summed E-state index contributed by atoms with van der Waals surface area (Å²) in [4.78, 5) is 28.7. The zero-order valence-electron chi connectivity index (χ0n) is 16.0. The Hall–Kier alpha value is -4.19. The number of pyridine rings is 1. The van der Waals surface area contributed by atoms with E-state index in [4.69, 9.17) is 4.74 Å². The minimum atomic E-state index is -0.319. The van der Waals surface area contributed by atoms with Crippen LogP contribution in [0, 0.1) is 0 Å². The molecule has 0 fully saturated rings. The molecule has 6 heteroatoms. The number of hydrogen-bond donors (Lipinski definition) is 2. The number of benzene rings is 2. The van der Waals surface area contributed by atoms with E-state index in [9.17, 15) is 9.59 Å². The molecule has 1 aliphatic heterocycles. The fraction of sp³-hybridized carbons (Fsp3) is 0.0417. The molecule has 1 aliphatic rings. The van der Waals surface area contributed by atoms with Crippen molar-refractivity contribution < 1.29 is 14.3 Å². The standard InChI is InChI=1S/C24H19N3O3/c28-23(26-16-19-9-5-6-14-25-19)13-12-17-7-1-2-8-18(17)15-22-24(29)27-20-10-3-4-11-21(20)30-22/h1-15H,16H2,(H,26,28)(H,27,29)/b13-12+,22-15-. The average Bonchev–Trinajstić information content (AvgIpc) is 2.78. The number of nitrogens with zero attached hydrogens (tertiary/aromatic N) is 1. The van der Waals surface area contributed by atoms with Gasteiger partial charge in [-0.3, -0.25) is 14.6 Å². The van der Waals surface area contributed by atoms with E-state index >= 15 is 0 Å². The SMILES string of the molecule is O=C(/C=C/c1ccccc1/C=C1\Oc2ccccc2NC1=O)NCc1ccccn1. The van der Waals surface area contributed by atoms with Crippen LogP contribution in [0.1, 0.15) is 16.8 Å². The highest BCUT2D eigenvalue weighted by Gasteiger charge is 2.21. The summed E-state index contributed by atoms with van der Waals surface area (Å²) in [6.07, 6.45) is 6.51. The van der Waals surface area contributed by atoms with Crippen LogP contribution in [0.3, 0.4) is 0 Å². The second-order valence-corrected chi connectivity index (χ2v) is 6.56. The molecule has 0 atom stereocenters. The first-order valence-electron chi connectivity index (χ1n) is 9.44. The van der Waals surface area contributed by atoms with Crippen LogP contribution in [-0.4, -0.2) is 16.8 Å². The number of hydrogen-bond acceptors (Lipinski definition) is 4. The van der Waals surface area contributed by atoms with Crippen LogP contribution in [0.25, 0.3) is 12.2 Å². The van der Waals surface area contributed by atoms with Gasteiger partial charge in [-0.25, -0.2) is 0 Å². The number of para-hydroxylation sites is 2. The van der Waals surface area contributed by atoms with Crippen LogP contribution in [0.2, 0.25) is 0 Å². The van der Waals surface area contributed by atoms with E-state index in [1.807, 2.05) is 54.6 Å². The Morgan fingerprint density at radius 3 is 2.60 bits per heavy atom. The number of rotatable bonds is 5. The maximum Gasteiger partial charge on any atom is 0.291 e. The third kappa shape index (κ3) is 4.62. The van der Waals surface area contributed by atoms with Gasteiger partial charge in [0.1, 0.15) is 0 Å². The molecular weight excluding hydrogens is 378 g/mol. The first-order chi connectivity index (χ1) is 14.7. The summed E-state index contributed by atoms with van der Waals surface area (Å²) in [6.45, 7) is 0.350. The van der Waals surface area contributed by atoms with Crippen LogP contribution in [0.5, 0.6) is 5.75 Å². The first kappa shape index (κ1) is 19.1. The monoisotopic (exact) mass is 397 g/mol. The average molecular weight is 397 g/mol. The lowest BCUT2D eigenvalue weighted by Crippen LogP contribution is -2.23. The van der Waals surface area contributed by atoms with E-state index in [0.717, 1.165) is 16.8 Å². The molecule has 148 valence electrons. The van der Waals surface area contributed by atoms with E-state index in [1.54, 1.807) is 30.5 Å². The van der Waals surface area contributed by atoms with Crippen molar-refractivity contribution in [1.29, 1.82) is 0 Å². The van der Waals surface area contributed by atoms with E-state index in [2.05, 4.69) is 15.6 Å². The van der Waals surface area contributed by atoms with Gasteiger partial charge < -0.3 is 15.4 Å². The molecule has 0 unspecified atom stereocenters.